The lowest BCUT2D eigenvalue weighted by molar-refractivity contribution is -0.137. The number of aryl methyl sites for hydroxylation is 1. The van der Waals surface area contributed by atoms with Crippen LogP contribution in [-0.2, 0) is 11.8 Å². The number of nitrogens with zero attached hydrogens (tertiary/aromatic N) is 4. The summed E-state index contributed by atoms with van der Waals surface area (Å²) in [4.78, 5) is 14.8. The van der Waals surface area contributed by atoms with Crippen LogP contribution in [0, 0.1) is 0 Å². The molecule has 0 aliphatic heterocycles. The minimum Gasteiger partial charge on any atom is -0.480 e. The second-order valence-electron chi connectivity index (χ2n) is 3.45. The van der Waals surface area contributed by atoms with Gasteiger partial charge in [-0.2, -0.15) is 0 Å². The Kier molecular flexibility index (Phi) is 2.43. The molecule has 0 bridgehead atoms. The first kappa shape index (κ1) is 10.3. The Morgan fingerprint density at radius 1 is 1.62 bits per heavy atom. The molecular formula is C9H11N5O2. The molecule has 84 valence electrons. The Morgan fingerprint density at radius 2 is 2.38 bits per heavy atom. The third kappa shape index (κ3) is 1.67. The van der Waals surface area contributed by atoms with E-state index in [0.29, 0.717) is 16.9 Å². The van der Waals surface area contributed by atoms with Crippen LogP contribution in [-0.4, -0.2) is 37.1 Å². The van der Waals surface area contributed by atoms with Crippen molar-refractivity contribution < 1.29 is 9.90 Å². The van der Waals surface area contributed by atoms with E-state index in [-0.39, 0.29) is 0 Å². The number of fused-ring (bicyclic) bond motifs is 1. The van der Waals surface area contributed by atoms with E-state index in [9.17, 15) is 4.79 Å². The summed E-state index contributed by atoms with van der Waals surface area (Å²) in [6.07, 6.45) is 1.59. The number of carboxylic acids is 1. The number of carboxylic acid groups (broad SMARTS) is 1. The van der Waals surface area contributed by atoms with Gasteiger partial charge in [-0.1, -0.05) is 5.21 Å². The van der Waals surface area contributed by atoms with Crippen molar-refractivity contribution in [3.8, 4) is 0 Å². The number of carbonyl (C=O) groups is 1. The van der Waals surface area contributed by atoms with Crippen LogP contribution < -0.4 is 5.32 Å². The molecule has 1 unspecified atom stereocenters. The smallest absolute Gasteiger partial charge is 0.325 e. The second kappa shape index (κ2) is 3.76. The van der Waals surface area contributed by atoms with Crippen molar-refractivity contribution in [3.63, 3.8) is 0 Å². The highest BCUT2D eigenvalue weighted by molar-refractivity contribution is 5.87. The van der Waals surface area contributed by atoms with Crippen LogP contribution in [0.15, 0.2) is 12.3 Å². The van der Waals surface area contributed by atoms with Crippen LogP contribution in [0.3, 0.4) is 0 Å². The topological polar surface area (TPSA) is 92.9 Å². The van der Waals surface area contributed by atoms with Crippen molar-refractivity contribution in [1.29, 1.82) is 0 Å². The van der Waals surface area contributed by atoms with E-state index in [1.807, 2.05) is 0 Å². The first-order valence-electron chi connectivity index (χ1n) is 4.73. The summed E-state index contributed by atoms with van der Waals surface area (Å²) in [7, 11) is 1.73. The SMILES string of the molecule is CC(Nc1ccnc2c1nnn2C)C(=O)O. The third-order valence-electron chi connectivity index (χ3n) is 2.23. The van der Waals surface area contributed by atoms with Gasteiger partial charge in [-0.05, 0) is 13.0 Å². The fourth-order valence-electron chi connectivity index (χ4n) is 1.34. The van der Waals surface area contributed by atoms with E-state index >= 15 is 0 Å². The average molecular weight is 221 g/mol. The van der Waals surface area contributed by atoms with Gasteiger partial charge in [0.2, 0.25) is 0 Å². The fourth-order valence-corrected chi connectivity index (χ4v) is 1.34. The molecule has 2 N–H and O–H groups in total. The summed E-state index contributed by atoms with van der Waals surface area (Å²) in [5.74, 6) is -0.922. The molecular weight excluding hydrogens is 210 g/mol. The summed E-state index contributed by atoms with van der Waals surface area (Å²) in [5, 5.41) is 19.4. The molecule has 2 heterocycles. The number of hydrogen-bond acceptors (Lipinski definition) is 5. The molecule has 0 aliphatic carbocycles. The minimum atomic E-state index is -0.922. The van der Waals surface area contributed by atoms with Gasteiger partial charge in [-0.25, -0.2) is 9.67 Å². The van der Waals surface area contributed by atoms with E-state index in [2.05, 4.69) is 20.6 Å². The van der Waals surface area contributed by atoms with Gasteiger partial charge in [0, 0.05) is 13.2 Å². The molecule has 0 amide bonds. The molecule has 2 rings (SSSR count). The van der Waals surface area contributed by atoms with Crippen molar-refractivity contribution >= 4 is 22.8 Å². The number of nitrogens with one attached hydrogen (secondary N) is 1. The molecule has 7 nitrogen and oxygen atoms in total. The highest BCUT2D eigenvalue weighted by Gasteiger charge is 2.14. The summed E-state index contributed by atoms with van der Waals surface area (Å²) in [5.41, 5.74) is 1.80. The lowest BCUT2D eigenvalue weighted by Crippen LogP contribution is -2.25. The summed E-state index contributed by atoms with van der Waals surface area (Å²) >= 11 is 0. The number of hydrogen-bond donors (Lipinski definition) is 2. The van der Waals surface area contributed by atoms with Crippen LogP contribution in [0.25, 0.3) is 11.2 Å². The predicted octanol–water partition coefficient (Wildman–Crippen LogP) is 0.248. The summed E-state index contributed by atoms with van der Waals surface area (Å²) in [6, 6.07) is 0.990. The van der Waals surface area contributed by atoms with Gasteiger partial charge in [-0.3, -0.25) is 4.79 Å². The first-order valence-corrected chi connectivity index (χ1v) is 4.73. The molecule has 16 heavy (non-hydrogen) atoms. The minimum absolute atomic E-state index is 0.568. The zero-order valence-electron chi connectivity index (χ0n) is 8.88. The molecule has 0 fully saturated rings. The molecule has 0 saturated heterocycles. The maximum Gasteiger partial charge on any atom is 0.325 e. The Balaban J connectivity index is 2.41. The summed E-state index contributed by atoms with van der Waals surface area (Å²) < 4.78 is 1.53. The van der Waals surface area contributed by atoms with Gasteiger partial charge in [0.15, 0.2) is 11.2 Å². The quantitative estimate of drug-likeness (QED) is 0.771. The highest BCUT2D eigenvalue weighted by Crippen LogP contribution is 2.18. The number of aliphatic carboxylic acids is 1. The largest absolute Gasteiger partial charge is 0.480 e. The molecule has 2 aromatic heterocycles. The Morgan fingerprint density at radius 3 is 3.06 bits per heavy atom. The van der Waals surface area contributed by atoms with Crippen LogP contribution in [0.1, 0.15) is 6.92 Å². The molecule has 2 aromatic rings. The normalized spacial score (nSPS) is 12.6. The van der Waals surface area contributed by atoms with Crippen molar-refractivity contribution in [1.82, 2.24) is 20.0 Å². The molecule has 7 heteroatoms. The molecule has 0 spiro atoms. The third-order valence-corrected chi connectivity index (χ3v) is 2.23. The number of pyridine rings is 1. The standard InChI is InChI=1S/C9H11N5O2/c1-5(9(15)16)11-6-3-4-10-8-7(6)12-13-14(8)2/h3-5H,1-2H3,(H,10,11)(H,15,16). The van der Waals surface area contributed by atoms with Crippen molar-refractivity contribution in [2.24, 2.45) is 7.05 Å². The first-order chi connectivity index (χ1) is 7.59. The number of anilines is 1. The van der Waals surface area contributed by atoms with Gasteiger partial charge < -0.3 is 10.4 Å². The lowest BCUT2D eigenvalue weighted by atomic mass is 10.3. The van der Waals surface area contributed by atoms with E-state index in [0.717, 1.165) is 0 Å². The molecule has 0 saturated carbocycles. The summed E-state index contributed by atoms with van der Waals surface area (Å²) in [6.45, 7) is 1.56. The fraction of sp³-hybridized carbons (Fsp3) is 0.333. The van der Waals surface area contributed by atoms with Gasteiger partial charge in [0.05, 0.1) is 5.69 Å². The maximum atomic E-state index is 10.7. The number of aromatic nitrogens is 4. The lowest BCUT2D eigenvalue weighted by Gasteiger charge is -2.10. The highest BCUT2D eigenvalue weighted by atomic mass is 16.4. The van der Waals surface area contributed by atoms with Gasteiger partial charge in [0.25, 0.3) is 0 Å². The second-order valence-corrected chi connectivity index (χ2v) is 3.45. The van der Waals surface area contributed by atoms with E-state index < -0.39 is 12.0 Å². The molecule has 1 atom stereocenters. The van der Waals surface area contributed by atoms with E-state index in [1.165, 1.54) is 4.68 Å². The van der Waals surface area contributed by atoms with Gasteiger partial charge >= 0.3 is 5.97 Å². The van der Waals surface area contributed by atoms with Gasteiger partial charge in [0.1, 0.15) is 6.04 Å². The van der Waals surface area contributed by atoms with Crippen molar-refractivity contribution in [2.45, 2.75) is 13.0 Å². The molecule has 0 aliphatic rings. The van der Waals surface area contributed by atoms with Crippen LogP contribution in [0.4, 0.5) is 5.69 Å². The number of rotatable bonds is 3. The maximum absolute atomic E-state index is 10.7. The van der Waals surface area contributed by atoms with Crippen molar-refractivity contribution in [2.75, 3.05) is 5.32 Å². The van der Waals surface area contributed by atoms with Crippen molar-refractivity contribution in [3.05, 3.63) is 12.3 Å². The van der Waals surface area contributed by atoms with E-state index in [1.54, 1.807) is 26.2 Å². The zero-order valence-corrected chi connectivity index (χ0v) is 8.88. The zero-order chi connectivity index (χ0) is 11.7. The van der Waals surface area contributed by atoms with E-state index in [4.69, 9.17) is 5.11 Å². The molecule has 0 aromatic carbocycles. The average Bonchev–Trinajstić information content (AvgIpc) is 2.62. The van der Waals surface area contributed by atoms with Crippen LogP contribution in [0.5, 0.6) is 0 Å². The Hall–Kier alpha value is -2.18. The predicted molar refractivity (Wildman–Crippen MR) is 57.0 cm³/mol. The van der Waals surface area contributed by atoms with Gasteiger partial charge in [-0.15, -0.1) is 5.10 Å². The van der Waals surface area contributed by atoms with Crippen LogP contribution in [0.2, 0.25) is 0 Å². The molecule has 0 radical (unpaired) electrons. The van der Waals surface area contributed by atoms with Crippen LogP contribution >= 0.6 is 0 Å². The Labute approximate surface area is 91.1 Å². The monoisotopic (exact) mass is 221 g/mol. The Bertz CT molecular complexity index is 536.